The third-order valence-corrected chi connectivity index (χ3v) is 1.99. The Morgan fingerprint density at radius 2 is 1.92 bits per heavy atom. The molecule has 0 aliphatic carbocycles. The van der Waals surface area contributed by atoms with E-state index >= 15 is 0 Å². The van der Waals surface area contributed by atoms with Gasteiger partial charge in [0.1, 0.15) is 5.82 Å². The van der Waals surface area contributed by atoms with Crippen LogP contribution in [0.3, 0.4) is 0 Å². The van der Waals surface area contributed by atoms with Crippen LogP contribution < -0.4 is 0 Å². The second-order valence-electron chi connectivity index (χ2n) is 2.95. The maximum absolute atomic E-state index is 5.63. The van der Waals surface area contributed by atoms with Gasteiger partial charge in [-0.1, -0.05) is 30.3 Å². The van der Waals surface area contributed by atoms with Gasteiger partial charge in [0.15, 0.2) is 0 Å². The van der Waals surface area contributed by atoms with E-state index in [0.29, 0.717) is 0 Å². The third-order valence-electron chi connectivity index (χ3n) is 1.99. The zero-order valence-electron chi connectivity index (χ0n) is 7.44. The van der Waals surface area contributed by atoms with Gasteiger partial charge < -0.3 is 4.57 Å². The summed E-state index contributed by atoms with van der Waals surface area (Å²) in [7, 11) is 5.63. The normalized spacial score (nSPS) is 10.3. The van der Waals surface area contributed by atoms with Crippen LogP contribution in [0.4, 0.5) is 0 Å². The number of nitrogens with zero attached hydrogens (tertiary/aromatic N) is 2. The van der Waals surface area contributed by atoms with E-state index in [9.17, 15) is 0 Å². The summed E-state index contributed by atoms with van der Waals surface area (Å²) in [4.78, 5) is 4.32. The monoisotopic (exact) mass is 170 g/mol. The lowest BCUT2D eigenvalue weighted by molar-refractivity contribution is 0.975. The fraction of sp³-hybridized carbons (Fsp3) is 0.0909. The lowest BCUT2D eigenvalue weighted by Crippen LogP contribution is -1.84. The molecule has 0 N–H and O–H groups in total. The summed E-state index contributed by atoms with van der Waals surface area (Å²) < 4.78 is 1.53. The maximum atomic E-state index is 5.63. The van der Waals surface area contributed by atoms with Crippen LogP contribution in [0.5, 0.6) is 0 Å². The molecule has 2 heteroatoms. The van der Waals surface area contributed by atoms with Gasteiger partial charge in [0.05, 0.1) is 12.7 Å². The highest BCUT2D eigenvalue weighted by Gasteiger charge is 2.02. The summed E-state index contributed by atoms with van der Waals surface area (Å²) in [5.74, 6) is 0.818. The molecule has 0 saturated carbocycles. The fourth-order valence-electron chi connectivity index (χ4n) is 1.23. The van der Waals surface area contributed by atoms with Crippen molar-refractivity contribution in [3.63, 3.8) is 0 Å². The first-order chi connectivity index (χ1) is 6.27. The molecule has 0 atom stereocenters. The van der Waals surface area contributed by atoms with Gasteiger partial charge >= 0.3 is 0 Å². The van der Waals surface area contributed by atoms with Gasteiger partial charge in [-0.25, -0.2) is 4.98 Å². The third kappa shape index (κ3) is 1.47. The average Bonchev–Trinajstić information content (AvgIpc) is 2.49. The first-order valence-electron chi connectivity index (χ1n) is 4.14. The number of aryl methyl sites for hydroxylation is 1. The van der Waals surface area contributed by atoms with Gasteiger partial charge in [-0.15, -0.1) is 0 Å². The van der Waals surface area contributed by atoms with Gasteiger partial charge in [-0.05, 0) is 6.92 Å². The molecule has 1 aromatic carbocycles. The number of hydrogen-bond acceptors (Lipinski definition) is 1. The number of hydrogen-bond donors (Lipinski definition) is 0. The molecule has 0 bridgehead atoms. The zero-order chi connectivity index (χ0) is 9.26. The predicted octanol–water partition coefficient (Wildman–Crippen LogP) is 2.38. The first-order valence-corrected chi connectivity index (χ1v) is 4.14. The minimum absolute atomic E-state index is 0.818. The second kappa shape index (κ2) is 3.05. The predicted molar refractivity (Wildman–Crippen MR) is 52.1 cm³/mol. The zero-order valence-corrected chi connectivity index (χ0v) is 7.44. The van der Waals surface area contributed by atoms with Crippen LogP contribution in [-0.4, -0.2) is 9.55 Å². The fourth-order valence-corrected chi connectivity index (χ4v) is 1.23. The van der Waals surface area contributed by atoms with Crippen molar-refractivity contribution in [3.8, 4) is 11.3 Å². The SMILES string of the molecule is [CH]n1cc(-c2ccccc2)nc1C. The summed E-state index contributed by atoms with van der Waals surface area (Å²) in [6.07, 6.45) is 1.82. The maximum Gasteiger partial charge on any atom is 0.106 e. The highest BCUT2D eigenvalue weighted by molar-refractivity contribution is 5.58. The molecule has 0 amide bonds. The summed E-state index contributed by atoms with van der Waals surface area (Å²) >= 11 is 0. The topological polar surface area (TPSA) is 17.8 Å². The molecule has 0 aliphatic heterocycles. The molecule has 1 heterocycles. The molecule has 2 rings (SSSR count). The second-order valence-corrected chi connectivity index (χ2v) is 2.95. The van der Waals surface area contributed by atoms with Crippen molar-refractivity contribution < 1.29 is 0 Å². The van der Waals surface area contributed by atoms with E-state index in [4.69, 9.17) is 7.05 Å². The molecular formula is C11H10N2. The Labute approximate surface area is 77.9 Å². The summed E-state index contributed by atoms with van der Waals surface area (Å²) in [6, 6.07) is 9.99. The van der Waals surface area contributed by atoms with Gasteiger partial charge in [-0.2, -0.15) is 0 Å². The molecule has 0 aliphatic rings. The van der Waals surface area contributed by atoms with Crippen LogP contribution in [0.15, 0.2) is 36.5 Å². The highest BCUT2D eigenvalue weighted by atomic mass is 15.0. The van der Waals surface area contributed by atoms with Gasteiger partial charge in [0.2, 0.25) is 0 Å². The Morgan fingerprint density at radius 3 is 2.46 bits per heavy atom. The molecule has 64 valence electrons. The van der Waals surface area contributed by atoms with Crippen LogP contribution in [0, 0.1) is 14.0 Å². The Morgan fingerprint density at radius 1 is 1.23 bits per heavy atom. The van der Waals surface area contributed by atoms with Crippen molar-refractivity contribution in [2.45, 2.75) is 6.92 Å². The van der Waals surface area contributed by atoms with E-state index in [-0.39, 0.29) is 0 Å². The molecular weight excluding hydrogens is 160 g/mol. The van der Waals surface area contributed by atoms with Gasteiger partial charge in [0.25, 0.3) is 0 Å². The molecule has 0 saturated heterocycles. The molecule has 0 spiro atoms. The summed E-state index contributed by atoms with van der Waals surface area (Å²) in [5.41, 5.74) is 2.01. The van der Waals surface area contributed by atoms with E-state index in [1.165, 1.54) is 4.57 Å². The molecule has 2 radical (unpaired) electrons. The van der Waals surface area contributed by atoms with E-state index in [2.05, 4.69) is 4.98 Å². The number of aromatic nitrogens is 2. The Hall–Kier alpha value is -1.57. The quantitative estimate of drug-likeness (QED) is 0.642. The molecule has 2 nitrogen and oxygen atoms in total. The molecule has 2 aromatic rings. The minimum atomic E-state index is 0.818. The van der Waals surface area contributed by atoms with Crippen LogP contribution in [0.25, 0.3) is 11.3 Å². The average molecular weight is 170 g/mol. The van der Waals surface area contributed by atoms with Crippen molar-refractivity contribution in [2.24, 2.45) is 0 Å². The summed E-state index contributed by atoms with van der Waals surface area (Å²) in [6.45, 7) is 1.88. The Balaban J connectivity index is 2.48. The molecule has 13 heavy (non-hydrogen) atoms. The Kier molecular flexibility index (Phi) is 1.89. The van der Waals surface area contributed by atoms with Crippen LogP contribution in [0.1, 0.15) is 5.82 Å². The van der Waals surface area contributed by atoms with E-state index in [1.807, 2.05) is 43.5 Å². The lowest BCUT2D eigenvalue weighted by atomic mass is 10.2. The highest BCUT2D eigenvalue weighted by Crippen LogP contribution is 2.16. The van der Waals surface area contributed by atoms with Crippen LogP contribution >= 0.6 is 0 Å². The standard InChI is InChI=1S/C11H10N2/c1-9-12-11(8-13(9)2)10-6-4-3-5-7-10/h2-8H,1H3. The van der Waals surface area contributed by atoms with Crippen molar-refractivity contribution >= 4 is 0 Å². The number of imidazole rings is 1. The van der Waals surface area contributed by atoms with E-state index < -0.39 is 0 Å². The van der Waals surface area contributed by atoms with Crippen LogP contribution in [0.2, 0.25) is 0 Å². The molecule has 1 aromatic heterocycles. The Bertz CT molecular complexity index is 382. The van der Waals surface area contributed by atoms with Crippen molar-refractivity contribution in [3.05, 3.63) is 49.4 Å². The molecule has 0 fully saturated rings. The summed E-state index contributed by atoms with van der Waals surface area (Å²) in [5, 5.41) is 0. The van der Waals surface area contributed by atoms with Crippen LogP contribution in [-0.2, 0) is 0 Å². The minimum Gasteiger partial charge on any atom is -0.327 e. The van der Waals surface area contributed by atoms with E-state index in [0.717, 1.165) is 17.1 Å². The van der Waals surface area contributed by atoms with Crippen molar-refractivity contribution in [1.82, 2.24) is 9.55 Å². The van der Waals surface area contributed by atoms with Gasteiger partial charge in [-0.3, -0.25) is 0 Å². The number of benzene rings is 1. The molecule has 0 unspecified atom stereocenters. The van der Waals surface area contributed by atoms with E-state index in [1.54, 1.807) is 0 Å². The first kappa shape index (κ1) is 8.05. The number of rotatable bonds is 1. The lowest BCUT2D eigenvalue weighted by Gasteiger charge is -1.92. The van der Waals surface area contributed by atoms with Gasteiger partial charge in [0, 0.05) is 11.8 Å². The van der Waals surface area contributed by atoms with Crippen molar-refractivity contribution in [2.75, 3.05) is 0 Å². The largest absolute Gasteiger partial charge is 0.327 e. The smallest absolute Gasteiger partial charge is 0.106 e. The van der Waals surface area contributed by atoms with Crippen molar-refractivity contribution in [1.29, 1.82) is 0 Å².